The highest BCUT2D eigenvalue weighted by molar-refractivity contribution is 6.30. The number of hydrogen-bond donors (Lipinski definition) is 0. The van der Waals surface area contributed by atoms with E-state index in [2.05, 4.69) is 14.9 Å². The molecular weight excluding hydrogens is 334 g/mol. The Morgan fingerprint density at radius 1 is 0.880 bits per heavy atom. The van der Waals surface area contributed by atoms with E-state index in [1.807, 2.05) is 24.3 Å². The fourth-order valence-corrected chi connectivity index (χ4v) is 4.26. The quantitative estimate of drug-likeness (QED) is 0.753. The summed E-state index contributed by atoms with van der Waals surface area (Å²) in [6.07, 6.45) is 4.80. The van der Waals surface area contributed by atoms with Gasteiger partial charge in [-0.25, -0.2) is 10.0 Å². The van der Waals surface area contributed by atoms with Crippen molar-refractivity contribution in [1.82, 2.24) is 14.9 Å². The van der Waals surface area contributed by atoms with Gasteiger partial charge in [-0.3, -0.25) is 4.79 Å². The van der Waals surface area contributed by atoms with Crippen LogP contribution in [0.4, 0.5) is 0 Å². The van der Waals surface area contributed by atoms with Crippen molar-refractivity contribution in [2.45, 2.75) is 25.7 Å². The number of hydrazine groups is 1. The molecule has 0 N–H and O–H groups in total. The monoisotopic (exact) mass is 361 g/mol. The van der Waals surface area contributed by atoms with Gasteiger partial charge in [-0.05, 0) is 55.9 Å². The molecular formula is C20H28ClN3O. The molecule has 2 aliphatic heterocycles. The van der Waals surface area contributed by atoms with E-state index in [0.717, 1.165) is 50.5 Å². The van der Waals surface area contributed by atoms with Crippen molar-refractivity contribution >= 4 is 17.4 Å². The van der Waals surface area contributed by atoms with E-state index < -0.39 is 0 Å². The SMILES string of the molecule is O=C(c1ccc(Cl)cc1)C1CCN(N2CCN(CC3CC3)CC2)CC1. The highest BCUT2D eigenvalue weighted by atomic mass is 35.5. The maximum Gasteiger partial charge on any atom is 0.166 e. The van der Waals surface area contributed by atoms with Crippen LogP contribution in [0.1, 0.15) is 36.0 Å². The molecule has 4 rings (SSSR count). The van der Waals surface area contributed by atoms with Crippen LogP contribution in [-0.4, -0.2) is 66.5 Å². The summed E-state index contributed by atoms with van der Waals surface area (Å²) in [7, 11) is 0. The summed E-state index contributed by atoms with van der Waals surface area (Å²) in [5.41, 5.74) is 0.802. The molecule has 1 aromatic rings. The Labute approximate surface area is 155 Å². The number of piperidine rings is 1. The molecule has 1 aromatic carbocycles. The molecule has 0 atom stereocenters. The summed E-state index contributed by atoms with van der Waals surface area (Å²) >= 11 is 5.92. The van der Waals surface area contributed by atoms with Crippen molar-refractivity contribution in [2.24, 2.45) is 11.8 Å². The summed E-state index contributed by atoms with van der Waals surface area (Å²) in [6, 6.07) is 7.34. The van der Waals surface area contributed by atoms with Gasteiger partial charge in [0.25, 0.3) is 0 Å². The van der Waals surface area contributed by atoms with Gasteiger partial charge in [-0.2, -0.15) is 0 Å². The molecule has 5 heteroatoms. The molecule has 4 nitrogen and oxygen atoms in total. The lowest BCUT2D eigenvalue weighted by atomic mass is 9.89. The van der Waals surface area contributed by atoms with E-state index in [4.69, 9.17) is 11.6 Å². The number of hydrogen-bond acceptors (Lipinski definition) is 4. The lowest BCUT2D eigenvalue weighted by Gasteiger charge is -2.44. The van der Waals surface area contributed by atoms with Gasteiger partial charge in [0, 0.05) is 62.3 Å². The Morgan fingerprint density at radius 3 is 2.08 bits per heavy atom. The number of nitrogens with zero attached hydrogens (tertiary/aromatic N) is 3. The topological polar surface area (TPSA) is 26.8 Å². The van der Waals surface area contributed by atoms with Crippen molar-refractivity contribution in [3.63, 3.8) is 0 Å². The van der Waals surface area contributed by atoms with Gasteiger partial charge in [-0.15, -0.1) is 0 Å². The van der Waals surface area contributed by atoms with Crippen molar-refractivity contribution in [3.05, 3.63) is 34.9 Å². The van der Waals surface area contributed by atoms with Gasteiger partial charge in [-0.1, -0.05) is 11.6 Å². The molecule has 0 amide bonds. The molecule has 0 bridgehead atoms. The largest absolute Gasteiger partial charge is 0.300 e. The third-order valence-electron chi connectivity index (χ3n) is 5.93. The number of benzene rings is 1. The molecule has 3 fully saturated rings. The van der Waals surface area contributed by atoms with Crippen molar-refractivity contribution < 1.29 is 4.79 Å². The molecule has 0 radical (unpaired) electrons. The van der Waals surface area contributed by atoms with E-state index >= 15 is 0 Å². The summed E-state index contributed by atoms with van der Waals surface area (Å²) in [6.45, 7) is 8.00. The number of Topliss-reactive ketones (excluding diaryl/α,β-unsaturated/α-hetero) is 1. The Bertz CT molecular complexity index is 585. The Balaban J connectivity index is 1.24. The molecule has 136 valence electrons. The Morgan fingerprint density at radius 2 is 1.48 bits per heavy atom. The van der Waals surface area contributed by atoms with E-state index in [9.17, 15) is 4.79 Å². The van der Waals surface area contributed by atoms with Crippen LogP contribution < -0.4 is 0 Å². The maximum atomic E-state index is 12.7. The smallest absolute Gasteiger partial charge is 0.166 e. The fraction of sp³-hybridized carbons (Fsp3) is 0.650. The highest BCUT2D eigenvalue weighted by Gasteiger charge is 2.31. The third-order valence-corrected chi connectivity index (χ3v) is 6.18. The molecule has 1 saturated carbocycles. The number of ketones is 1. The predicted octanol–water partition coefficient (Wildman–Crippen LogP) is 3.18. The van der Waals surface area contributed by atoms with Crippen molar-refractivity contribution in [3.8, 4) is 0 Å². The number of piperazine rings is 1. The van der Waals surface area contributed by atoms with Gasteiger partial charge in [0.1, 0.15) is 0 Å². The molecule has 0 spiro atoms. The van der Waals surface area contributed by atoms with Crippen LogP contribution in [0.5, 0.6) is 0 Å². The van der Waals surface area contributed by atoms with Crippen LogP contribution in [0.2, 0.25) is 5.02 Å². The molecule has 2 saturated heterocycles. The van der Waals surface area contributed by atoms with Crippen molar-refractivity contribution in [1.29, 1.82) is 0 Å². The average molecular weight is 362 g/mol. The third kappa shape index (κ3) is 4.43. The van der Waals surface area contributed by atoms with Crippen LogP contribution in [-0.2, 0) is 0 Å². The van der Waals surface area contributed by atoms with E-state index in [1.165, 1.54) is 32.5 Å². The minimum atomic E-state index is 0.161. The second-order valence-electron chi connectivity index (χ2n) is 7.80. The first kappa shape index (κ1) is 17.5. The normalized spacial score (nSPS) is 24.5. The van der Waals surface area contributed by atoms with Gasteiger partial charge < -0.3 is 4.90 Å². The second kappa shape index (κ2) is 7.75. The predicted molar refractivity (Wildman–Crippen MR) is 101 cm³/mol. The summed E-state index contributed by atoms with van der Waals surface area (Å²) < 4.78 is 0. The van der Waals surface area contributed by atoms with Crippen molar-refractivity contribution in [2.75, 3.05) is 45.8 Å². The van der Waals surface area contributed by atoms with Crippen LogP contribution in [0.25, 0.3) is 0 Å². The maximum absolute atomic E-state index is 12.7. The first-order valence-electron chi connectivity index (χ1n) is 9.71. The van der Waals surface area contributed by atoms with Crippen LogP contribution in [0.3, 0.4) is 0 Å². The standard InChI is InChI=1S/C20H28ClN3O/c21-19-5-3-17(4-6-19)20(25)18-7-9-23(10-8-18)24-13-11-22(12-14-24)15-16-1-2-16/h3-6,16,18H,1-2,7-15H2. The molecule has 0 aromatic heterocycles. The number of rotatable bonds is 5. The minimum absolute atomic E-state index is 0.161. The molecule has 1 aliphatic carbocycles. The highest BCUT2D eigenvalue weighted by Crippen LogP contribution is 2.30. The fourth-order valence-electron chi connectivity index (χ4n) is 4.13. The average Bonchev–Trinajstić information content (AvgIpc) is 3.47. The first-order valence-corrected chi connectivity index (χ1v) is 10.1. The van der Waals surface area contributed by atoms with Crippen LogP contribution in [0, 0.1) is 11.8 Å². The second-order valence-corrected chi connectivity index (χ2v) is 8.23. The number of carbonyl (C=O) groups is 1. The van der Waals surface area contributed by atoms with Crippen LogP contribution >= 0.6 is 11.6 Å². The van der Waals surface area contributed by atoms with Gasteiger partial charge in [0.15, 0.2) is 5.78 Å². The summed E-state index contributed by atoms with van der Waals surface area (Å²) in [4.78, 5) is 15.3. The lowest BCUT2D eigenvalue weighted by Crippen LogP contribution is -2.56. The van der Waals surface area contributed by atoms with E-state index in [1.54, 1.807) is 0 Å². The zero-order chi connectivity index (χ0) is 17.2. The van der Waals surface area contributed by atoms with Gasteiger partial charge in [0.05, 0.1) is 0 Å². The lowest BCUT2D eigenvalue weighted by molar-refractivity contribution is -0.0738. The minimum Gasteiger partial charge on any atom is -0.300 e. The number of halogens is 1. The van der Waals surface area contributed by atoms with Crippen LogP contribution in [0.15, 0.2) is 24.3 Å². The van der Waals surface area contributed by atoms with Gasteiger partial charge in [0.2, 0.25) is 0 Å². The zero-order valence-electron chi connectivity index (χ0n) is 14.9. The molecule has 25 heavy (non-hydrogen) atoms. The molecule has 3 aliphatic rings. The summed E-state index contributed by atoms with van der Waals surface area (Å²) in [5.74, 6) is 1.43. The first-order chi connectivity index (χ1) is 12.2. The molecule has 0 unspecified atom stereocenters. The molecule has 2 heterocycles. The van der Waals surface area contributed by atoms with E-state index in [0.29, 0.717) is 5.02 Å². The van der Waals surface area contributed by atoms with E-state index in [-0.39, 0.29) is 11.7 Å². The van der Waals surface area contributed by atoms with Gasteiger partial charge >= 0.3 is 0 Å². The summed E-state index contributed by atoms with van der Waals surface area (Å²) in [5, 5.41) is 5.69. The zero-order valence-corrected chi connectivity index (χ0v) is 15.6. The Kier molecular flexibility index (Phi) is 5.41. The number of carbonyl (C=O) groups excluding carboxylic acids is 1. The Hall–Kier alpha value is -0.940.